The van der Waals surface area contributed by atoms with Crippen molar-refractivity contribution < 1.29 is 4.74 Å². The molecule has 0 aliphatic heterocycles. The van der Waals surface area contributed by atoms with Gasteiger partial charge in [0.25, 0.3) is 0 Å². The highest BCUT2D eigenvalue weighted by molar-refractivity contribution is 4.75. The molecule has 2 N–H and O–H groups in total. The first-order valence-electron chi connectivity index (χ1n) is 2.80. The maximum absolute atomic E-state index is 5.16. The van der Waals surface area contributed by atoms with Gasteiger partial charge in [-0.25, -0.2) is 0 Å². The molecule has 0 heterocycles. The van der Waals surface area contributed by atoms with Crippen LogP contribution in [0.1, 0.15) is 6.92 Å². The smallest absolute Gasteiger partial charge is 0.0647 e. The van der Waals surface area contributed by atoms with E-state index in [1.807, 2.05) is 19.1 Å². The van der Waals surface area contributed by atoms with Crippen LogP contribution < -0.4 is 5.73 Å². The van der Waals surface area contributed by atoms with Crippen molar-refractivity contribution in [3.63, 3.8) is 0 Å². The lowest BCUT2D eigenvalue weighted by Crippen LogP contribution is -2.07. The monoisotopic (exact) mass is 115 g/mol. The number of hydrogen-bond donors (Lipinski definition) is 1. The van der Waals surface area contributed by atoms with Crippen LogP contribution in [0.5, 0.6) is 0 Å². The molecule has 0 aliphatic rings. The van der Waals surface area contributed by atoms with E-state index < -0.39 is 0 Å². The molecule has 0 atom stereocenters. The summed E-state index contributed by atoms with van der Waals surface area (Å²) in [6, 6.07) is 0. The van der Waals surface area contributed by atoms with Gasteiger partial charge in [-0.2, -0.15) is 0 Å². The Morgan fingerprint density at radius 1 is 1.62 bits per heavy atom. The lowest BCUT2D eigenvalue weighted by atomic mass is 10.5. The van der Waals surface area contributed by atoms with Crippen molar-refractivity contribution in [2.75, 3.05) is 19.8 Å². The summed E-state index contributed by atoms with van der Waals surface area (Å²) in [5.41, 5.74) is 5.16. The molecule has 2 heteroatoms. The van der Waals surface area contributed by atoms with E-state index in [-0.39, 0.29) is 0 Å². The van der Waals surface area contributed by atoms with Gasteiger partial charge in [-0.3, -0.25) is 0 Å². The summed E-state index contributed by atoms with van der Waals surface area (Å²) in [7, 11) is 0. The molecule has 0 aromatic rings. The second kappa shape index (κ2) is 6.66. The van der Waals surface area contributed by atoms with E-state index in [0.29, 0.717) is 19.8 Å². The van der Waals surface area contributed by atoms with Gasteiger partial charge in [-0.15, -0.1) is 0 Å². The second-order valence-electron chi connectivity index (χ2n) is 1.43. The summed E-state index contributed by atoms with van der Waals surface area (Å²) in [5, 5.41) is 0. The van der Waals surface area contributed by atoms with E-state index in [2.05, 4.69) is 0 Å². The second-order valence-corrected chi connectivity index (χ2v) is 1.43. The first kappa shape index (κ1) is 7.66. The molecule has 0 fully saturated rings. The van der Waals surface area contributed by atoms with Crippen molar-refractivity contribution >= 4 is 0 Å². The highest BCUT2D eigenvalue weighted by Gasteiger charge is 1.76. The van der Waals surface area contributed by atoms with E-state index in [0.717, 1.165) is 0 Å². The molecule has 8 heavy (non-hydrogen) atoms. The zero-order chi connectivity index (χ0) is 6.24. The molecule has 0 aromatic carbocycles. The average Bonchev–Trinajstić information content (AvgIpc) is 1.81. The van der Waals surface area contributed by atoms with E-state index in [1.54, 1.807) is 0 Å². The first-order valence-corrected chi connectivity index (χ1v) is 2.80. The molecule has 48 valence electrons. The predicted molar refractivity (Wildman–Crippen MR) is 34.7 cm³/mol. The largest absolute Gasteiger partial charge is 0.376 e. The Hall–Kier alpha value is -0.340. The normalized spacial score (nSPS) is 10.8. The van der Waals surface area contributed by atoms with E-state index in [4.69, 9.17) is 10.5 Å². The zero-order valence-electron chi connectivity index (χ0n) is 5.26. The number of nitrogens with two attached hydrogens (primary N) is 1. The minimum atomic E-state index is 0.609. The summed E-state index contributed by atoms with van der Waals surface area (Å²) in [6.07, 6.45) is 3.91. The van der Waals surface area contributed by atoms with Crippen LogP contribution in [0, 0.1) is 0 Å². The minimum absolute atomic E-state index is 0.609. The molecule has 0 saturated carbocycles. The number of rotatable bonds is 4. The predicted octanol–water partition coefficient (Wildman–Crippen LogP) is 0.538. The molecule has 0 aromatic heterocycles. The van der Waals surface area contributed by atoms with Crippen LogP contribution in [0.4, 0.5) is 0 Å². The molecule has 0 bridgehead atoms. The maximum atomic E-state index is 5.16. The molecule has 0 radical (unpaired) electrons. The molecule has 2 nitrogen and oxygen atoms in total. The van der Waals surface area contributed by atoms with Crippen molar-refractivity contribution in [2.45, 2.75) is 6.92 Å². The standard InChI is InChI=1S/C6H13NO/c1-2-3-5-8-6-4-7/h2-3H,4-7H2,1H3/b3-2-. The Morgan fingerprint density at radius 2 is 2.38 bits per heavy atom. The Kier molecular flexibility index (Phi) is 6.38. The van der Waals surface area contributed by atoms with Crippen molar-refractivity contribution in [1.29, 1.82) is 0 Å². The third kappa shape index (κ3) is 5.66. The third-order valence-corrected chi connectivity index (χ3v) is 0.712. The van der Waals surface area contributed by atoms with Crippen LogP contribution >= 0.6 is 0 Å². The van der Waals surface area contributed by atoms with Crippen molar-refractivity contribution in [3.8, 4) is 0 Å². The molecular weight excluding hydrogens is 102 g/mol. The van der Waals surface area contributed by atoms with Crippen molar-refractivity contribution in [3.05, 3.63) is 12.2 Å². The summed E-state index contributed by atoms with van der Waals surface area (Å²) >= 11 is 0. The summed E-state index contributed by atoms with van der Waals surface area (Å²) in [5.74, 6) is 0. The SMILES string of the molecule is C/C=C\COCCN. The van der Waals surface area contributed by atoms with Gasteiger partial charge in [-0.1, -0.05) is 12.2 Å². The van der Waals surface area contributed by atoms with Crippen LogP contribution in [0.15, 0.2) is 12.2 Å². The van der Waals surface area contributed by atoms with Gasteiger partial charge >= 0.3 is 0 Å². The Bertz CT molecular complexity index is 61.5. The fourth-order valence-electron chi connectivity index (χ4n) is 0.331. The molecule has 0 saturated heterocycles. The maximum Gasteiger partial charge on any atom is 0.0647 e. The highest BCUT2D eigenvalue weighted by atomic mass is 16.5. The molecule has 0 rings (SSSR count). The van der Waals surface area contributed by atoms with Gasteiger partial charge in [0.1, 0.15) is 0 Å². The van der Waals surface area contributed by atoms with Crippen LogP contribution in [0.25, 0.3) is 0 Å². The summed E-state index contributed by atoms with van der Waals surface area (Å²) < 4.78 is 5.01. The lowest BCUT2D eigenvalue weighted by Gasteiger charge is -1.93. The Labute approximate surface area is 50.3 Å². The van der Waals surface area contributed by atoms with Crippen molar-refractivity contribution in [1.82, 2.24) is 0 Å². The Morgan fingerprint density at radius 3 is 2.88 bits per heavy atom. The van der Waals surface area contributed by atoms with Crippen LogP contribution in [-0.4, -0.2) is 19.8 Å². The van der Waals surface area contributed by atoms with Gasteiger partial charge in [0, 0.05) is 6.54 Å². The van der Waals surface area contributed by atoms with Gasteiger partial charge in [0.05, 0.1) is 13.2 Å². The fourth-order valence-corrected chi connectivity index (χ4v) is 0.331. The lowest BCUT2D eigenvalue weighted by molar-refractivity contribution is 0.170. The van der Waals surface area contributed by atoms with Crippen LogP contribution in [0.2, 0.25) is 0 Å². The Balaban J connectivity index is 2.72. The van der Waals surface area contributed by atoms with Gasteiger partial charge in [0.15, 0.2) is 0 Å². The quantitative estimate of drug-likeness (QED) is 0.428. The van der Waals surface area contributed by atoms with Gasteiger partial charge in [-0.05, 0) is 6.92 Å². The highest BCUT2D eigenvalue weighted by Crippen LogP contribution is 1.73. The topological polar surface area (TPSA) is 35.2 Å². The fraction of sp³-hybridized carbons (Fsp3) is 0.667. The zero-order valence-corrected chi connectivity index (χ0v) is 5.26. The van der Waals surface area contributed by atoms with E-state index >= 15 is 0 Å². The third-order valence-electron chi connectivity index (χ3n) is 0.712. The molecule has 0 amide bonds. The number of hydrogen-bond acceptors (Lipinski definition) is 2. The minimum Gasteiger partial charge on any atom is -0.376 e. The van der Waals surface area contributed by atoms with E-state index in [9.17, 15) is 0 Å². The van der Waals surface area contributed by atoms with Crippen LogP contribution in [-0.2, 0) is 4.74 Å². The van der Waals surface area contributed by atoms with Crippen molar-refractivity contribution in [2.24, 2.45) is 5.73 Å². The van der Waals surface area contributed by atoms with E-state index in [1.165, 1.54) is 0 Å². The summed E-state index contributed by atoms with van der Waals surface area (Å²) in [4.78, 5) is 0. The van der Waals surface area contributed by atoms with Crippen LogP contribution in [0.3, 0.4) is 0 Å². The van der Waals surface area contributed by atoms with Gasteiger partial charge < -0.3 is 10.5 Å². The molecule has 0 unspecified atom stereocenters. The first-order chi connectivity index (χ1) is 3.91. The number of allylic oxidation sites excluding steroid dienone is 1. The average molecular weight is 115 g/mol. The molecule has 0 spiro atoms. The van der Waals surface area contributed by atoms with Gasteiger partial charge in [0.2, 0.25) is 0 Å². The molecular formula is C6H13NO. The number of ether oxygens (including phenoxy) is 1. The molecule has 0 aliphatic carbocycles. The summed E-state index contributed by atoms with van der Waals surface area (Å²) in [6.45, 7) is 3.92.